The molecule has 0 radical (unpaired) electrons. The molecule has 1 saturated heterocycles. The van der Waals surface area contributed by atoms with E-state index in [4.69, 9.17) is 9.47 Å². The number of anilines is 1. The zero-order valence-corrected chi connectivity index (χ0v) is 12.2. The van der Waals surface area contributed by atoms with Gasteiger partial charge in [-0.05, 0) is 25.0 Å². The standard InChI is InChI=1S/C13H16F3N5O2/c14-13(15,16)12-19-18-11-4-3-10(20-21(11)12)17-5-7-22-8-9-2-1-6-23-9/h3-4,9H,1-2,5-8H2,(H,17,20). The first-order valence-electron chi connectivity index (χ1n) is 7.27. The molecule has 1 N–H and O–H groups in total. The molecule has 3 heterocycles. The van der Waals surface area contributed by atoms with Gasteiger partial charge in [0, 0.05) is 13.2 Å². The molecule has 1 aliphatic heterocycles. The quantitative estimate of drug-likeness (QED) is 0.813. The molecule has 23 heavy (non-hydrogen) atoms. The lowest BCUT2D eigenvalue weighted by Crippen LogP contribution is -2.18. The van der Waals surface area contributed by atoms with E-state index in [1.54, 1.807) is 6.07 Å². The molecule has 7 nitrogen and oxygen atoms in total. The van der Waals surface area contributed by atoms with Gasteiger partial charge in [-0.2, -0.15) is 17.7 Å². The summed E-state index contributed by atoms with van der Waals surface area (Å²) in [6, 6.07) is 2.97. The molecule has 0 spiro atoms. The molecule has 0 saturated carbocycles. The highest BCUT2D eigenvalue weighted by atomic mass is 19.4. The zero-order valence-electron chi connectivity index (χ0n) is 12.2. The van der Waals surface area contributed by atoms with Crippen LogP contribution >= 0.6 is 0 Å². The lowest BCUT2D eigenvalue weighted by Gasteiger charge is -2.11. The molecule has 0 aliphatic carbocycles. The molecule has 10 heteroatoms. The normalized spacial score (nSPS) is 18.7. The van der Waals surface area contributed by atoms with Crippen molar-refractivity contribution in [2.24, 2.45) is 0 Å². The van der Waals surface area contributed by atoms with Crippen molar-refractivity contribution in [3.8, 4) is 0 Å². The highest BCUT2D eigenvalue weighted by Gasteiger charge is 2.37. The van der Waals surface area contributed by atoms with Crippen LogP contribution in [0.5, 0.6) is 0 Å². The first-order chi connectivity index (χ1) is 11.0. The largest absolute Gasteiger partial charge is 0.453 e. The van der Waals surface area contributed by atoms with Gasteiger partial charge in [0.2, 0.25) is 0 Å². The van der Waals surface area contributed by atoms with Gasteiger partial charge in [0.05, 0.1) is 19.3 Å². The predicted octanol–water partition coefficient (Wildman–Crippen LogP) is 1.75. The summed E-state index contributed by atoms with van der Waals surface area (Å²) < 4.78 is 49.9. The van der Waals surface area contributed by atoms with Crippen molar-refractivity contribution < 1.29 is 22.6 Å². The molecular formula is C13H16F3N5O2. The van der Waals surface area contributed by atoms with E-state index in [0.29, 0.717) is 30.1 Å². The summed E-state index contributed by atoms with van der Waals surface area (Å²) in [5.74, 6) is -0.853. The molecule has 1 atom stereocenters. The van der Waals surface area contributed by atoms with Gasteiger partial charge in [0.1, 0.15) is 5.82 Å². The van der Waals surface area contributed by atoms with E-state index in [0.717, 1.165) is 19.4 Å². The SMILES string of the molecule is FC(F)(F)c1nnc2ccc(NCCOCC3CCCO3)nn12. The van der Waals surface area contributed by atoms with Crippen LogP contribution in [0.2, 0.25) is 0 Å². The first-order valence-corrected chi connectivity index (χ1v) is 7.27. The molecule has 2 aromatic heterocycles. The van der Waals surface area contributed by atoms with Crippen molar-refractivity contribution in [3.63, 3.8) is 0 Å². The van der Waals surface area contributed by atoms with Gasteiger partial charge in [-0.1, -0.05) is 0 Å². The fourth-order valence-corrected chi connectivity index (χ4v) is 2.30. The summed E-state index contributed by atoms with van der Waals surface area (Å²) >= 11 is 0. The van der Waals surface area contributed by atoms with Crippen molar-refractivity contribution in [1.29, 1.82) is 0 Å². The molecule has 1 unspecified atom stereocenters. The van der Waals surface area contributed by atoms with Gasteiger partial charge in [-0.25, -0.2) is 0 Å². The zero-order chi connectivity index (χ0) is 16.3. The van der Waals surface area contributed by atoms with Gasteiger partial charge in [-0.15, -0.1) is 15.3 Å². The summed E-state index contributed by atoms with van der Waals surface area (Å²) in [5, 5.41) is 13.3. The molecular weight excluding hydrogens is 315 g/mol. The second-order valence-corrected chi connectivity index (χ2v) is 5.15. The lowest BCUT2D eigenvalue weighted by atomic mass is 10.2. The molecule has 2 aromatic rings. The van der Waals surface area contributed by atoms with Crippen molar-refractivity contribution in [2.75, 3.05) is 31.7 Å². The Balaban J connectivity index is 1.53. The van der Waals surface area contributed by atoms with Gasteiger partial charge in [-0.3, -0.25) is 0 Å². The fraction of sp³-hybridized carbons (Fsp3) is 0.615. The van der Waals surface area contributed by atoms with Crippen LogP contribution < -0.4 is 5.32 Å². The maximum absolute atomic E-state index is 12.8. The third-order valence-corrected chi connectivity index (χ3v) is 3.40. The summed E-state index contributed by atoms with van der Waals surface area (Å²) in [4.78, 5) is 0. The van der Waals surface area contributed by atoms with Gasteiger partial charge >= 0.3 is 6.18 Å². The number of rotatable bonds is 6. The van der Waals surface area contributed by atoms with Crippen molar-refractivity contribution in [2.45, 2.75) is 25.1 Å². The maximum atomic E-state index is 12.8. The number of aromatic nitrogens is 4. The minimum atomic E-state index is -4.60. The minimum Gasteiger partial charge on any atom is -0.377 e. The van der Waals surface area contributed by atoms with Crippen molar-refractivity contribution in [3.05, 3.63) is 18.0 Å². The number of hydrogen-bond acceptors (Lipinski definition) is 6. The van der Waals surface area contributed by atoms with Crippen LogP contribution in [0.25, 0.3) is 5.65 Å². The maximum Gasteiger partial charge on any atom is 0.453 e. The second-order valence-electron chi connectivity index (χ2n) is 5.15. The van der Waals surface area contributed by atoms with Crippen molar-refractivity contribution >= 4 is 11.5 Å². The average Bonchev–Trinajstić information content (AvgIpc) is 3.14. The average molecular weight is 331 g/mol. The van der Waals surface area contributed by atoms with Gasteiger partial charge in [0.15, 0.2) is 5.65 Å². The monoisotopic (exact) mass is 331 g/mol. The Morgan fingerprint density at radius 3 is 2.96 bits per heavy atom. The highest BCUT2D eigenvalue weighted by Crippen LogP contribution is 2.27. The van der Waals surface area contributed by atoms with E-state index in [-0.39, 0.29) is 11.8 Å². The molecule has 0 bridgehead atoms. The van der Waals surface area contributed by atoms with E-state index in [9.17, 15) is 13.2 Å². The van der Waals surface area contributed by atoms with Crippen LogP contribution in [-0.2, 0) is 15.7 Å². The number of hydrogen-bond donors (Lipinski definition) is 1. The van der Waals surface area contributed by atoms with Crippen LogP contribution in [0.4, 0.5) is 19.0 Å². The minimum absolute atomic E-state index is 0.0394. The van der Waals surface area contributed by atoms with Crippen LogP contribution in [0, 0.1) is 0 Å². The molecule has 0 aromatic carbocycles. The summed E-state index contributed by atoms with van der Waals surface area (Å²) in [6.07, 6.45) is -2.40. The van der Waals surface area contributed by atoms with Crippen LogP contribution in [0.15, 0.2) is 12.1 Å². The van der Waals surface area contributed by atoms with E-state index in [1.165, 1.54) is 6.07 Å². The van der Waals surface area contributed by atoms with Gasteiger partial charge < -0.3 is 14.8 Å². The Morgan fingerprint density at radius 2 is 2.22 bits per heavy atom. The van der Waals surface area contributed by atoms with Crippen LogP contribution in [0.1, 0.15) is 18.7 Å². The third kappa shape index (κ3) is 3.88. The molecule has 1 fully saturated rings. The first kappa shape index (κ1) is 15.9. The third-order valence-electron chi connectivity index (χ3n) is 3.40. The Morgan fingerprint density at radius 1 is 1.35 bits per heavy atom. The summed E-state index contributed by atoms with van der Waals surface area (Å²) in [5.41, 5.74) is 0.0394. The molecule has 126 valence electrons. The van der Waals surface area contributed by atoms with E-state index >= 15 is 0 Å². The number of halogens is 3. The summed E-state index contributed by atoms with van der Waals surface area (Å²) in [6.45, 7) is 2.14. The second kappa shape index (κ2) is 6.67. The highest BCUT2D eigenvalue weighted by molar-refractivity contribution is 5.44. The number of fused-ring (bicyclic) bond motifs is 1. The smallest absolute Gasteiger partial charge is 0.377 e. The predicted molar refractivity (Wildman–Crippen MR) is 74.1 cm³/mol. The van der Waals surface area contributed by atoms with E-state index in [1.807, 2.05) is 0 Å². The molecule has 1 aliphatic rings. The van der Waals surface area contributed by atoms with Gasteiger partial charge in [0.25, 0.3) is 5.82 Å². The van der Waals surface area contributed by atoms with E-state index < -0.39 is 12.0 Å². The van der Waals surface area contributed by atoms with Crippen LogP contribution in [-0.4, -0.2) is 52.3 Å². The molecule has 3 rings (SSSR count). The Kier molecular flexibility index (Phi) is 4.62. The Hall–Kier alpha value is -1.94. The summed E-state index contributed by atoms with van der Waals surface area (Å²) in [7, 11) is 0. The lowest BCUT2D eigenvalue weighted by molar-refractivity contribution is -0.146. The fourth-order valence-electron chi connectivity index (χ4n) is 2.30. The topological polar surface area (TPSA) is 73.6 Å². The van der Waals surface area contributed by atoms with Crippen LogP contribution in [0.3, 0.4) is 0 Å². The Bertz CT molecular complexity index is 655. The number of ether oxygens (including phenoxy) is 2. The number of nitrogens with one attached hydrogen (secondary N) is 1. The Labute approximate surface area is 129 Å². The molecule has 0 amide bonds. The number of nitrogens with zero attached hydrogens (tertiary/aromatic N) is 4. The number of alkyl halides is 3. The van der Waals surface area contributed by atoms with Crippen molar-refractivity contribution in [1.82, 2.24) is 19.8 Å². The van der Waals surface area contributed by atoms with E-state index in [2.05, 4.69) is 20.6 Å².